The quantitative estimate of drug-likeness (QED) is 0.607. The van der Waals surface area contributed by atoms with Gasteiger partial charge in [0.1, 0.15) is 5.82 Å². The fraction of sp³-hybridized carbons (Fsp3) is 0.176. The van der Waals surface area contributed by atoms with E-state index in [0.717, 1.165) is 29.8 Å². The average molecular weight is 318 g/mol. The molecule has 0 aromatic heterocycles. The van der Waals surface area contributed by atoms with E-state index in [2.05, 4.69) is 5.92 Å². The van der Waals surface area contributed by atoms with Crippen molar-refractivity contribution in [3.05, 3.63) is 66.0 Å². The zero-order chi connectivity index (χ0) is 16.0. The Hall–Kier alpha value is -2.16. The Morgan fingerprint density at radius 1 is 1.09 bits per heavy atom. The lowest BCUT2D eigenvalue weighted by atomic mass is 10.0. The van der Waals surface area contributed by atoms with Gasteiger partial charge in [0, 0.05) is 5.92 Å². The van der Waals surface area contributed by atoms with E-state index < -0.39 is 15.9 Å². The molecule has 0 aliphatic carbocycles. The van der Waals surface area contributed by atoms with E-state index in [4.69, 9.17) is 10.6 Å². The third kappa shape index (κ3) is 4.42. The van der Waals surface area contributed by atoms with Crippen LogP contribution in [0.25, 0.3) is 0 Å². The van der Waals surface area contributed by atoms with Crippen molar-refractivity contribution in [2.45, 2.75) is 11.3 Å². The highest BCUT2D eigenvalue weighted by atomic mass is 32.2. The summed E-state index contributed by atoms with van der Waals surface area (Å²) in [5.41, 5.74) is 1.01. The van der Waals surface area contributed by atoms with Crippen LogP contribution in [0.15, 0.2) is 59.5 Å². The molecule has 0 N–H and O–H groups in total. The average Bonchev–Trinajstić information content (AvgIpc) is 2.53. The van der Waals surface area contributed by atoms with Crippen LogP contribution in [-0.4, -0.2) is 15.0 Å². The number of terminal acetylenes is 1. The summed E-state index contributed by atoms with van der Waals surface area (Å²) >= 11 is 0. The monoisotopic (exact) mass is 318 g/mol. The van der Waals surface area contributed by atoms with Gasteiger partial charge in [0.2, 0.25) is 0 Å². The number of rotatable bonds is 6. The zero-order valence-corrected chi connectivity index (χ0v) is 12.6. The molecule has 0 aliphatic heterocycles. The lowest BCUT2D eigenvalue weighted by molar-refractivity contribution is 0.283. The third-order valence-electron chi connectivity index (χ3n) is 3.09. The molecule has 0 saturated heterocycles. The molecular weight excluding hydrogens is 303 g/mol. The first-order valence-corrected chi connectivity index (χ1v) is 8.07. The van der Waals surface area contributed by atoms with Crippen molar-refractivity contribution < 1.29 is 17.0 Å². The normalized spacial score (nSPS) is 12.5. The standard InChI is InChI=1S/C17H15FO3S/c1-2-14(12-15-6-4-3-5-7-15)13-21-22(19,20)17-10-8-16(18)9-11-17/h1,3-11,14H,12-13H2/t14-/m0/s1. The van der Waals surface area contributed by atoms with E-state index in [0.29, 0.717) is 6.42 Å². The molecule has 0 bridgehead atoms. The molecule has 2 aromatic rings. The maximum absolute atomic E-state index is 12.8. The summed E-state index contributed by atoms with van der Waals surface area (Å²) in [5, 5.41) is 0. The van der Waals surface area contributed by atoms with Crippen molar-refractivity contribution >= 4 is 10.1 Å². The molecule has 0 aliphatic rings. The van der Waals surface area contributed by atoms with E-state index in [9.17, 15) is 12.8 Å². The molecule has 5 heteroatoms. The lowest BCUT2D eigenvalue weighted by Gasteiger charge is -2.11. The molecule has 0 amide bonds. The Morgan fingerprint density at radius 3 is 2.32 bits per heavy atom. The Bertz CT molecular complexity index is 747. The first-order chi connectivity index (χ1) is 10.5. The van der Waals surface area contributed by atoms with Crippen LogP contribution in [-0.2, 0) is 20.7 Å². The molecule has 0 radical (unpaired) electrons. The van der Waals surface area contributed by atoms with E-state index in [1.54, 1.807) is 0 Å². The van der Waals surface area contributed by atoms with Crippen molar-refractivity contribution in [1.82, 2.24) is 0 Å². The summed E-state index contributed by atoms with van der Waals surface area (Å²) in [5.74, 6) is 1.66. The van der Waals surface area contributed by atoms with Gasteiger partial charge in [0.15, 0.2) is 0 Å². The molecule has 0 saturated carbocycles. The van der Waals surface area contributed by atoms with Crippen molar-refractivity contribution in [1.29, 1.82) is 0 Å². The highest BCUT2D eigenvalue weighted by Crippen LogP contribution is 2.16. The van der Waals surface area contributed by atoms with Gasteiger partial charge in [-0.3, -0.25) is 4.18 Å². The summed E-state index contributed by atoms with van der Waals surface area (Å²) in [6, 6.07) is 14.0. The van der Waals surface area contributed by atoms with Gasteiger partial charge >= 0.3 is 0 Å². The maximum atomic E-state index is 12.8. The van der Waals surface area contributed by atoms with Gasteiger partial charge in [-0.2, -0.15) is 8.42 Å². The molecule has 0 fully saturated rings. The largest absolute Gasteiger partial charge is 0.297 e. The fourth-order valence-corrected chi connectivity index (χ4v) is 2.85. The first kappa shape index (κ1) is 16.2. The maximum Gasteiger partial charge on any atom is 0.297 e. The molecular formula is C17H15FO3S. The van der Waals surface area contributed by atoms with Crippen molar-refractivity contribution in [2.24, 2.45) is 5.92 Å². The number of benzene rings is 2. The summed E-state index contributed by atoms with van der Waals surface area (Å²) in [4.78, 5) is -0.0932. The van der Waals surface area contributed by atoms with Crippen LogP contribution in [0.4, 0.5) is 4.39 Å². The molecule has 0 unspecified atom stereocenters. The first-order valence-electron chi connectivity index (χ1n) is 6.66. The molecule has 0 spiro atoms. The van der Waals surface area contributed by atoms with Gasteiger partial charge < -0.3 is 0 Å². The van der Waals surface area contributed by atoms with Crippen LogP contribution >= 0.6 is 0 Å². The highest BCUT2D eigenvalue weighted by molar-refractivity contribution is 7.86. The summed E-state index contributed by atoms with van der Waals surface area (Å²) in [7, 11) is -3.94. The Balaban J connectivity index is 2.01. The van der Waals surface area contributed by atoms with Gasteiger partial charge in [-0.15, -0.1) is 12.3 Å². The van der Waals surface area contributed by atoms with Crippen LogP contribution in [0.3, 0.4) is 0 Å². The van der Waals surface area contributed by atoms with Gasteiger partial charge in [-0.25, -0.2) is 4.39 Å². The summed E-state index contributed by atoms with van der Waals surface area (Å²) < 4.78 is 41.8. The Morgan fingerprint density at radius 2 is 1.73 bits per heavy atom. The SMILES string of the molecule is C#C[C@H](COS(=O)(=O)c1ccc(F)cc1)Cc1ccccc1. The van der Waals surface area contributed by atoms with Crippen molar-refractivity contribution in [3.63, 3.8) is 0 Å². The number of hydrogen-bond acceptors (Lipinski definition) is 3. The van der Waals surface area contributed by atoms with E-state index in [1.165, 1.54) is 0 Å². The third-order valence-corrected chi connectivity index (χ3v) is 4.38. The highest BCUT2D eigenvalue weighted by Gasteiger charge is 2.18. The molecule has 1 atom stereocenters. The molecule has 114 valence electrons. The summed E-state index contributed by atoms with van der Waals surface area (Å²) in [6.45, 7) is -0.120. The van der Waals surface area contributed by atoms with E-state index >= 15 is 0 Å². The number of halogens is 1. The van der Waals surface area contributed by atoms with Gasteiger partial charge in [0.25, 0.3) is 10.1 Å². The minimum absolute atomic E-state index is 0.0932. The van der Waals surface area contributed by atoms with Gasteiger partial charge in [-0.1, -0.05) is 30.3 Å². The van der Waals surface area contributed by atoms with Gasteiger partial charge in [-0.05, 0) is 36.2 Å². The topological polar surface area (TPSA) is 43.4 Å². The molecule has 2 aromatic carbocycles. The van der Waals surface area contributed by atoms with Crippen LogP contribution in [0.1, 0.15) is 5.56 Å². The molecule has 3 nitrogen and oxygen atoms in total. The smallest absolute Gasteiger partial charge is 0.265 e. The Kier molecular flexibility index (Phi) is 5.31. The second kappa shape index (κ2) is 7.21. The van der Waals surface area contributed by atoms with E-state index in [1.807, 2.05) is 30.3 Å². The minimum atomic E-state index is -3.94. The molecule has 0 heterocycles. The van der Waals surface area contributed by atoms with E-state index in [-0.39, 0.29) is 17.4 Å². The lowest BCUT2D eigenvalue weighted by Crippen LogP contribution is -2.15. The van der Waals surface area contributed by atoms with Gasteiger partial charge in [0.05, 0.1) is 11.5 Å². The van der Waals surface area contributed by atoms with Crippen LogP contribution < -0.4 is 0 Å². The summed E-state index contributed by atoms with van der Waals surface area (Å²) in [6.07, 6.45) is 5.96. The van der Waals surface area contributed by atoms with Crippen LogP contribution in [0, 0.1) is 24.1 Å². The number of hydrogen-bond donors (Lipinski definition) is 0. The zero-order valence-electron chi connectivity index (χ0n) is 11.8. The Labute approximate surface area is 129 Å². The fourth-order valence-electron chi connectivity index (χ4n) is 1.91. The predicted octanol–water partition coefficient (Wildman–Crippen LogP) is 3.02. The second-order valence-electron chi connectivity index (χ2n) is 4.75. The predicted molar refractivity (Wildman–Crippen MR) is 82.0 cm³/mol. The second-order valence-corrected chi connectivity index (χ2v) is 6.36. The van der Waals surface area contributed by atoms with Crippen molar-refractivity contribution in [3.8, 4) is 12.3 Å². The molecule has 2 rings (SSSR count). The van der Waals surface area contributed by atoms with Crippen LogP contribution in [0.2, 0.25) is 0 Å². The minimum Gasteiger partial charge on any atom is -0.265 e. The van der Waals surface area contributed by atoms with Crippen molar-refractivity contribution in [2.75, 3.05) is 6.61 Å². The molecule has 22 heavy (non-hydrogen) atoms. The van der Waals surface area contributed by atoms with Crippen LogP contribution in [0.5, 0.6) is 0 Å².